The van der Waals surface area contributed by atoms with Crippen molar-refractivity contribution in [3.8, 4) is 0 Å². The molecule has 0 bridgehead atoms. The number of hydrogen-bond donors (Lipinski definition) is 2. The molecule has 2 N–H and O–H groups in total. The van der Waals surface area contributed by atoms with Crippen LogP contribution in [-0.2, 0) is 0 Å². The molecule has 1 saturated heterocycles. The fraction of sp³-hybridized carbons (Fsp3) is 0.667. The first kappa shape index (κ1) is 12.1. The quantitative estimate of drug-likeness (QED) is 0.826. The molecule has 0 saturated carbocycles. The van der Waals surface area contributed by atoms with Gasteiger partial charge < -0.3 is 15.5 Å². The normalized spacial score (nSPS) is 25.6. The molecule has 0 radical (unpaired) electrons. The lowest BCUT2D eigenvalue weighted by Gasteiger charge is -2.35. The van der Waals surface area contributed by atoms with Crippen LogP contribution in [0.3, 0.4) is 0 Å². The third kappa shape index (κ3) is 3.06. The molecule has 0 aromatic carbocycles. The van der Waals surface area contributed by atoms with Gasteiger partial charge in [-0.25, -0.2) is 4.98 Å². The average Bonchev–Trinajstić information content (AvgIpc) is 2.33. The Kier molecular flexibility index (Phi) is 3.78. The number of nitrogens with zero attached hydrogens (tertiary/aromatic N) is 3. The molecule has 2 rings (SSSR count). The summed E-state index contributed by atoms with van der Waals surface area (Å²) in [6.45, 7) is 4.57. The highest BCUT2D eigenvalue weighted by molar-refractivity contribution is 5.40. The molecule has 1 fully saturated rings. The highest BCUT2D eigenvalue weighted by Crippen LogP contribution is 2.19. The summed E-state index contributed by atoms with van der Waals surface area (Å²) in [5.74, 6) is 2.21. The van der Waals surface area contributed by atoms with Crippen molar-refractivity contribution in [2.75, 3.05) is 37.8 Å². The third-order valence-electron chi connectivity index (χ3n) is 3.32. The number of anilines is 2. The highest BCUT2D eigenvalue weighted by Gasteiger charge is 2.24. The van der Waals surface area contributed by atoms with Gasteiger partial charge in [0.25, 0.3) is 0 Å². The largest absolute Gasteiger partial charge is 0.367 e. The molecule has 1 aromatic heterocycles. The average molecular weight is 235 g/mol. The number of likely N-dealkylation sites (tertiary alicyclic amines) is 1. The smallest absolute Gasteiger partial charge is 0.224 e. The Labute approximate surface area is 103 Å². The molecular weight excluding hydrogens is 214 g/mol. The van der Waals surface area contributed by atoms with E-state index in [9.17, 15) is 0 Å². The van der Waals surface area contributed by atoms with Crippen LogP contribution < -0.4 is 10.6 Å². The van der Waals surface area contributed by atoms with Crippen molar-refractivity contribution in [1.82, 2.24) is 14.9 Å². The maximum Gasteiger partial charge on any atom is 0.224 e. The van der Waals surface area contributed by atoms with Crippen molar-refractivity contribution >= 4 is 11.8 Å². The van der Waals surface area contributed by atoms with Gasteiger partial charge in [0.2, 0.25) is 5.95 Å². The molecule has 1 aromatic rings. The zero-order valence-electron chi connectivity index (χ0n) is 10.8. The van der Waals surface area contributed by atoms with Gasteiger partial charge in [0.15, 0.2) is 0 Å². The lowest BCUT2D eigenvalue weighted by atomic mass is 9.94. The maximum absolute atomic E-state index is 4.39. The van der Waals surface area contributed by atoms with Crippen molar-refractivity contribution in [2.24, 2.45) is 5.92 Å². The van der Waals surface area contributed by atoms with Gasteiger partial charge in [0.05, 0.1) is 0 Å². The molecule has 5 nitrogen and oxygen atoms in total. The predicted octanol–water partition coefficient (Wildman–Crippen LogP) is 1.27. The molecular formula is C12H21N5. The van der Waals surface area contributed by atoms with Crippen molar-refractivity contribution < 1.29 is 0 Å². The first-order valence-electron chi connectivity index (χ1n) is 6.15. The Hall–Kier alpha value is -1.36. The maximum atomic E-state index is 4.39. The predicted molar refractivity (Wildman–Crippen MR) is 70.3 cm³/mol. The van der Waals surface area contributed by atoms with Gasteiger partial charge in [-0.3, -0.25) is 0 Å². The topological polar surface area (TPSA) is 53.1 Å². The second-order valence-electron chi connectivity index (χ2n) is 4.79. The first-order valence-corrected chi connectivity index (χ1v) is 6.15. The number of hydrogen-bond acceptors (Lipinski definition) is 5. The molecule has 2 unspecified atom stereocenters. The third-order valence-corrected chi connectivity index (χ3v) is 3.32. The van der Waals surface area contributed by atoms with Crippen LogP contribution in [0.1, 0.15) is 13.3 Å². The van der Waals surface area contributed by atoms with E-state index in [1.54, 1.807) is 6.20 Å². The Balaban J connectivity index is 2.00. The molecule has 0 spiro atoms. The van der Waals surface area contributed by atoms with Gasteiger partial charge in [-0.15, -0.1) is 0 Å². The van der Waals surface area contributed by atoms with Crippen molar-refractivity contribution in [2.45, 2.75) is 19.4 Å². The molecule has 5 heteroatoms. The van der Waals surface area contributed by atoms with Gasteiger partial charge in [-0.2, -0.15) is 4.98 Å². The van der Waals surface area contributed by atoms with E-state index in [0.717, 1.165) is 25.3 Å². The van der Waals surface area contributed by atoms with E-state index in [1.807, 2.05) is 13.1 Å². The molecule has 1 aliphatic rings. The number of nitrogens with one attached hydrogen (secondary N) is 2. The van der Waals surface area contributed by atoms with Crippen LogP contribution in [0.15, 0.2) is 12.3 Å². The van der Waals surface area contributed by atoms with Crippen LogP contribution in [0.5, 0.6) is 0 Å². The minimum atomic E-state index is 0.505. The van der Waals surface area contributed by atoms with E-state index in [2.05, 4.69) is 39.5 Å². The second-order valence-corrected chi connectivity index (χ2v) is 4.79. The van der Waals surface area contributed by atoms with E-state index in [0.29, 0.717) is 17.9 Å². The first-order chi connectivity index (χ1) is 8.19. The summed E-state index contributed by atoms with van der Waals surface area (Å²) in [4.78, 5) is 10.9. The van der Waals surface area contributed by atoms with Crippen LogP contribution in [0.25, 0.3) is 0 Å². The van der Waals surface area contributed by atoms with E-state index in [-0.39, 0.29) is 0 Å². The fourth-order valence-corrected chi connectivity index (χ4v) is 2.32. The molecule has 0 aliphatic carbocycles. The molecule has 17 heavy (non-hydrogen) atoms. The second kappa shape index (κ2) is 5.31. The van der Waals surface area contributed by atoms with Crippen LogP contribution in [0, 0.1) is 5.92 Å². The Morgan fingerprint density at radius 3 is 3.00 bits per heavy atom. The summed E-state index contributed by atoms with van der Waals surface area (Å²) in [6, 6.07) is 2.43. The number of rotatable bonds is 3. The van der Waals surface area contributed by atoms with Crippen LogP contribution in [0.4, 0.5) is 11.8 Å². The van der Waals surface area contributed by atoms with Crippen molar-refractivity contribution in [3.63, 3.8) is 0 Å². The van der Waals surface area contributed by atoms with Gasteiger partial charge >= 0.3 is 0 Å². The van der Waals surface area contributed by atoms with Crippen molar-refractivity contribution in [3.05, 3.63) is 12.3 Å². The zero-order chi connectivity index (χ0) is 12.3. The number of piperidine rings is 1. The van der Waals surface area contributed by atoms with Crippen LogP contribution >= 0.6 is 0 Å². The SMILES string of the molecule is CNc1nccc(NC2CCN(C)CC2C)n1. The Morgan fingerprint density at radius 1 is 1.47 bits per heavy atom. The molecule has 2 atom stereocenters. The van der Waals surface area contributed by atoms with E-state index < -0.39 is 0 Å². The highest BCUT2D eigenvalue weighted by atomic mass is 15.2. The summed E-state index contributed by atoms with van der Waals surface area (Å²) >= 11 is 0. The Bertz CT molecular complexity index is 368. The van der Waals surface area contributed by atoms with Gasteiger partial charge in [-0.05, 0) is 32.0 Å². The monoisotopic (exact) mass is 235 g/mol. The lowest BCUT2D eigenvalue weighted by molar-refractivity contribution is 0.206. The summed E-state index contributed by atoms with van der Waals surface area (Å²) in [5.41, 5.74) is 0. The molecule has 1 aliphatic heterocycles. The van der Waals surface area contributed by atoms with Gasteiger partial charge in [-0.1, -0.05) is 6.92 Å². The number of aromatic nitrogens is 2. The summed E-state index contributed by atoms with van der Waals surface area (Å²) in [5, 5.41) is 6.46. The summed E-state index contributed by atoms with van der Waals surface area (Å²) < 4.78 is 0. The molecule has 94 valence electrons. The van der Waals surface area contributed by atoms with E-state index >= 15 is 0 Å². The summed E-state index contributed by atoms with van der Waals surface area (Å²) in [6.07, 6.45) is 2.94. The van der Waals surface area contributed by atoms with Crippen LogP contribution in [-0.4, -0.2) is 48.1 Å². The Morgan fingerprint density at radius 2 is 2.29 bits per heavy atom. The summed E-state index contributed by atoms with van der Waals surface area (Å²) in [7, 11) is 4.01. The standard InChI is InChI=1S/C12H21N5/c1-9-8-17(3)7-5-10(9)15-11-4-6-14-12(13-2)16-11/h4,6,9-10H,5,7-8H2,1-3H3,(H2,13,14,15,16). The fourth-order valence-electron chi connectivity index (χ4n) is 2.32. The van der Waals surface area contributed by atoms with Gasteiger partial charge in [0, 0.05) is 25.8 Å². The molecule has 0 amide bonds. The lowest BCUT2D eigenvalue weighted by Crippen LogP contribution is -2.43. The van der Waals surface area contributed by atoms with Gasteiger partial charge in [0.1, 0.15) is 5.82 Å². The molecule has 2 heterocycles. The van der Waals surface area contributed by atoms with E-state index in [1.165, 1.54) is 0 Å². The minimum Gasteiger partial charge on any atom is -0.367 e. The zero-order valence-corrected chi connectivity index (χ0v) is 10.8. The van der Waals surface area contributed by atoms with Crippen LogP contribution in [0.2, 0.25) is 0 Å². The van der Waals surface area contributed by atoms with E-state index in [4.69, 9.17) is 0 Å². The minimum absolute atomic E-state index is 0.505. The van der Waals surface area contributed by atoms with Crippen molar-refractivity contribution in [1.29, 1.82) is 0 Å².